The Morgan fingerprint density at radius 1 is 1.12 bits per heavy atom. The first-order valence-electron chi connectivity index (χ1n) is 11.4. The van der Waals surface area contributed by atoms with Crippen LogP contribution < -0.4 is 0 Å². The molecule has 4 rings (SSSR count). The maximum absolute atomic E-state index is 13.2. The zero-order chi connectivity index (χ0) is 23.9. The van der Waals surface area contributed by atoms with Crippen LogP contribution >= 0.6 is 0 Å². The summed E-state index contributed by atoms with van der Waals surface area (Å²) in [6.45, 7) is 3.27. The topological polar surface area (TPSA) is 86.7 Å². The first-order chi connectivity index (χ1) is 15.6. The van der Waals surface area contributed by atoms with E-state index in [1.165, 1.54) is 24.3 Å². The molecule has 1 N–H and O–H groups in total. The van der Waals surface area contributed by atoms with Crippen molar-refractivity contribution in [1.82, 2.24) is 9.80 Å². The van der Waals surface area contributed by atoms with Gasteiger partial charge >= 0.3 is 6.18 Å². The largest absolute Gasteiger partial charge is 0.421 e. The van der Waals surface area contributed by atoms with Gasteiger partial charge in [-0.05, 0) is 51.0 Å². The second-order valence-corrected chi connectivity index (χ2v) is 9.72. The van der Waals surface area contributed by atoms with Gasteiger partial charge in [0.15, 0.2) is 5.60 Å². The standard InChI is InChI=1S/C24H28F3N5O/c1-22(33,24(25,26)27)18-4-2-17(3-5-18)21(30-16-29)32(19-6-7-19)20-8-12-31(13-9-20)15-23(14-28)10-11-23/h2-5,19-20,33H,6-13,15H2,1H3/b30-21-. The van der Waals surface area contributed by atoms with Crippen molar-refractivity contribution in [2.24, 2.45) is 10.4 Å². The van der Waals surface area contributed by atoms with Gasteiger partial charge in [0, 0.05) is 37.3 Å². The molecule has 33 heavy (non-hydrogen) atoms. The number of piperidine rings is 1. The lowest BCUT2D eigenvalue weighted by atomic mass is 9.94. The Bertz CT molecular complexity index is 973. The summed E-state index contributed by atoms with van der Waals surface area (Å²) in [5.41, 5.74) is -2.82. The summed E-state index contributed by atoms with van der Waals surface area (Å²) < 4.78 is 39.6. The average molecular weight is 460 g/mol. The normalized spacial score (nSPS) is 23.3. The molecular weight excluding hydrogens is 431 g/mol. The van der Waals surface area contributed by atoms with Gasteiger partial charge in [-0.25, -0.2) is 0 Å². The van der Waals surface area contributed by atoms with Crippen LogP contribution in [0.5, 0.6) is 0 Å². The van der Waals surface area contributed by atoms with Crippen molar-refractivity contribution in [2.45, 2.75) is 69.3 Å². The number of halogens is 3. The van der Waals surface area contributed by atoms with Crippen molar-refractivity contribution in [3.05, 3.63) is 35.4 Å². The number of hydrogen-bond donors (Lipinski definition) is 1. The van der Waals surface area contributed by atoms with Gasteiger partial charge in [-0.2, -0.15) is 28.7 Å². The van der Waals surface area contributed by atoms with Crippen molar-refractivity contribution >= 4 is 5.84 Å². The van der Waals surface area contributed by atoms with Crippen LogP contribution in [-0.4, -0.2) is 58.6 Å². The molecule has 0 aromatic heterocycles. The predicted octanol–water partition coefficient (Wildman–Crippen LogP) is 3.92. The first kappa shape index (κ1) is 23.5. The second kappa shape index (κ2) is 8.62. The van der Waals surface area contributed by atoms with Gasteiger partial charge in [-0.1, -0.05) is 24.3 Å². The number of aliphatic imine (C=N–C) groups is 1. The fourth-order valence-electron chi connectivity index (χ4n) is 4.66. The Morgan fingerprint density at radius 3 is 2.15 bits per heavy atom. The molecule has 3 fully saturated rings. The van der Waals surface area contributed by atoms with E-state index in [9.17, 15) is 28.8 Å². The molecule has 9 heteroatoms. The molecule has 0 amide bonds. The van der Waals surface area contributed by atoms with E-state index in [4.69, 9.17) is 0 Å². The number of nitriles is 2. The van der Waals surface area contributed by atoms with E-state index in [-0.39, 0.29) is 23.1 Å². The van der Waals surface area contributed by atoms with Crippen LogP contribution in [0.2, 0.25) is 0 Å². The third kappa shape index (κ3) is 4.85. The molecule has 1 saturated heterocycles. The van der Waals surface area contributed by atoms with Crippen LogP contribution in [0.25, 0.3) is 0 Å². The number of nitrogens with zero attached hydrogens (tertiary/aromatic N) is 5. The zero-order valence-electron chi connectivity index (χ0n) is 18.6. The molecular formula is C24H28F3N5O. The molecule has 0 bridgehead atoms. The van der Waals surface area contributed by atoms with E-state index >= 15 is 0 Å². The highest BCUT2D eigenvalue weighted by atomic mass is 19.4. The molecule has 6 nitrogen and oxygen atoms in total. The summed E-state index contributed by atoms with van der Waals surface area (Å²) in [6.07, 6.45) is 2.74. The number of rotatable bonds is 6. The van der Waals surface area contributed by atoms with Gasteiger partial charge in [0.05, 0.1) is 11.5 Å². The average Bonchev–Trinajstić information content (AvgIpc) is 3.71. The maximum Gasteiger partial charge on any atom is 0.421 e. The van der Waals surface area contributed by atoms with Crippen LogP contribution in [0.1, 0.15) is 56.6 Å². The summed E-state index contributed by atoms with van der Waals surface area (Å²) in [5.74, 6) is 0.479. The van der Waals surface area contributed by atoms with Gasteiger partial charge in [-0.3, -0.25) is 0 Å². The molecule has 1 heterocycles. The highest BCUT2D eigenvalue weighted by Gasteiger charge is 2.51. The lowest BCUT2D eigenvalue weighted by Gasteiger charge is -2.40. The van der Waals surface area contributed by atoms with E-state index in [0.29, 0.717) is 11.4 Å². The Kier molecular flexibility index (Phi) is 6.15. The van der Waals surface area contributed by atoms with Crippen LogP contribution in [0.15, 0.2) is 29.3 Å². The minimum Gasteiger partial charge on any atom is -0.376 e. The SMILES string of the molecule is CC(O)(c1ccc(/C(=N/C#N)N(C2CC2)C2CCN(CC3(C#N)CC3)CC2)cc1)C(F)(F)F. The highest BCUT2D eigenvalue weighted by molar-refractivity contribution is 6.00. The number of likely N-dealkylation sites (tertiary alicyclic amines) is 1. The third-order valence-electron chi connectivity index (χ3n) is 7.17. The lowest BCUT2D eigenvalue weighted by Crippen LogP contribution is -2.49. The fraction of sp³-hybridized carbons (Fsp3) is 0.625. The van der Waals surface area contributed by atoms with Crippen molar-refractivity contribution < 1.29 is 18.3 Å². The Balaban J connectivity index is 1.51. The van der Waals surface area contributed by atoms with Crippen molar-refractivity contribution in [1.29, 1.82) is 10.5 Å². The Morgan fingerprint density at radius 2 is 1.70 bits per heavy atom. The van der Waals surface area contributed by atoms with Crippen molar-refractivity contribution in [2.75, 3.05) is 19.6 Å². The van der Waals surface area contributed by atoms with Gasteiger partial charge < -0.3 is 14.9 Å². The number of aliphatic hydroxyl groups is 1. The zero-order valence-corrected chi connectivity index (χ0v) is 18.6. The number of hydrogen-bond acceptors (Lipinski definition) is 5. The first-order valence-corrected chi connectivity index (χ1v) is 11.4. The van der Waals surface area contributed by atoms with Crippen LogP contribution in [0, 0.1) is 28.2 Å². The van der Waals surface area contributed by atoms with E-state index in [0.717, 1.165) is 65.1 Å². The van der Waals surface area contributed by atoms with Crippen LogP contribution in [-0.2, 0) is 5.60 Å². The van der Waals surface area contributed by atoms with Crippen LogP contribution in [0.3, 0.4) is 0 Å². The maximum atomic E-state index is 13.2. The Hall–Kier alpha value is -2.62. The molecule has 176 valence electrons. The van der Waals surface area contributed by atoms with Crippen LogP contribution in [0.4, 0.5) is 13.2 Å². The summed E-state index contributed by atoms with van der Waals surface area (Å²) >= 11 is 0. The number of alkyl halides is 3. The van der Waals surface area contributed by atoms with E-state index < -0.39 is 11.8 Å². The molecule has 1 unspecified atom stereocenters. The number of amidine groups is 1. The predicted molar refractivity (Wildman–Crippen MR) is 116 cm³/mol. The highest BCUT2D eigenvalue weighted by Crippen LogP contribution is 2.46. The monoisotopic (exact) mass is 459 g/mol. The van der Waals surface area contributed by atoms with Gasteiger partial charge in [-0.15, -0.1) is 0 Å². The summed E-state index contributed by atoms with van der Waals surface area (Å²) in [4.78, 5) is 8.60. The molecule has 1 atom stereocenters. The second-order valence-electron chi connectivity index (χ2n) is 9.72. The molecule has 0 spiro atoms. The van der Waals surface area contributed by atoms with Gasteiger partial charge in [0.25, 0.3) is 0 Å². The molecule has 1 aliphatic heterocycles. The van der Waals surface area contributed by atoms with E-state index in [2.05, 4.69) is 20.9 Å². The van der Waals surface area contributed by atoms with Crippen molar-refractivity contribution in [3.8, 4) is 12.3 Å². The molecule has 3 aliphatic rings. The minimum absolute atomic E-state index is 0.171. The molecule has 2 saturated carbocycles. The van der Waals surface area contributed by atoms with E-state index in [1.807, 2.05) is 6.19 Å². The summed E-state index contributed by atoms with van der Waals surface area (Å²) in [7, 11) is 0. The van der Waals surface area contributed by atoms with Gasteiger partial charge in [0.2, 0.25) is 6.19 Å². The summed E-state index contributed by atoms with van der Waals surface area (Å²) in [6, 6.07) is 8.39. The Labute approximate surface area is 191 Å². The molecule has 1 aromatic rings. The molecule has 2 aliphatic carbocycles. The molecule has 1 aromatic carbocycles. The quantitative estimate of drug-likeness (QED) is 0.396. The third-order valence-corrected chi connectivity index (χ3v) is 7.17. The van der Waals surface area contributed by atoms with Crippen molar-refractivity contribution in [3.63, 3.8) is 0 Å². The van der Waals surface area contributed by atoms with Gasteiger partial charge in [0.1, 0.15) is 5.84 Å². The van der Waals surface area contributed by atoms with E-state index in [1.54, 1.807) is 0 Å². The smallest absolute Gasteiger partial charge is 0.376 e. The molecule has 0 radical (unpaired) electrons. The fourth-order valence-corrected chi connectivity index (χ4v) is 4.66. The number of benzene rings is 1. The lowest BCUT2D eigenvalue weighted by molar-refractivity contribution is -0.258. The minimum atomic E-state index is -4.79. The summed E-state index contributed by atoms with van der Waals surface area (Å²) in [5, 5.41) is 28.7.